The maximum atomic E-state index is 12.3. The summed E-state index contributed by atoms with van der Waals surface area (Å²) < 4.78 is 5.58. The number of nitrogens with zero attached hydrogens (tertiary/aromatic N) is 1. The zero-order chi connectivity index (χ0) is 22.4. The van der Waals surface area contributed by atoms with Crippen molar-refractivity contribution in [1.29, 1.82) is 0 Å². The molecule has 0 aliphatic heterocycles. The van der Waals surface area contributed by atoms with E-state index in [1.807, 2.05) is 38.1 Å². The number of hydrogen-bond acceptors (Lipinski definition) is 5. The first-order valence-corrected chi connectivity index (χ1v) is 10.1. The van der Waals surface area contributed by atoms with Crippen LogP contribution >= 0.6 is 0 Å². The average Bonchev–Trinajstić information content (AvgIpc) is 3.25. The molecule has 1 atom stereocenters. The number of fused-ring (bicyclic) bond motifs is 1. The number of carbonyl (C=O) groups is 3. The number of likely N-dealkylation sites (N-methyl/N-ethyl adjacent to an activating group) is 1. The predicted octanol–water partition coefficient (Wildman–Crippen LogP) is 2.70. The van der Waals surface area contributed by atoms with Gasteiger partial charge in [-0.3, -0.25) is 19.5 Å². The molecule has 2 aromatic carbocycles. The largest absolute Gasteiger partial charge is 0.483 e. The number of benzene rings is 2. The molecule has 31 heavy (non-hydrogen) atoms. The highest BCUT2D eigenvalue weighted by molar-refractivity contribution is 5.95. The van der Waals surface area contributed by atoms with Crippen LogP contribution < -0.4 is 15.4 Å². The summed E-state index contributed by atoms with van der Waals surface area (Å²) in [5.74, 6) is -0.155. The number of aldehydes is 1. The second kappa shape index (κ2) is 9.88. The lowest BCUT2D eigenvalue weighted by Crippen LogP contribution is -2.47. The maximum Gasteiger partial charge on any atom is 0.258 e. The Labute approximate surface area is 180 Å². The molecular weight excluding hydrogens is 396 g/mol. The lowest BCUT2D eigenvalue weighted by Gasteiger charge is -2.19. The van der Waals surface area contributed by atoms with Crippen LogP contribution in [0.25, 0.3) is 22.0 Å². The van der Waals surface area contributed by atoms with Gasteiger partial charge in [-0.15, -0.1) is 0 Å². The minimum Gasteiger partial charge on any atom is -0.483 e. The van der Waals surface area contributed by atoms with Crippen molar-refractivity contribution in [2.45, 2.75) is 26.3 Å². The fourth-order valence-corrected chi connectivity index (χ4v) is 3.42. The molecule has 0 saturated carbocycles. The Balaban J connectivity index is 1.72. The molecule has 3 N–H and O–H groups in total. The predicted molar refractivity (Wildman–Crippen MR) is 118 cm³/mol. The third kappa shape index (κ3) is 5.28. The number of rotatable bonds is 9. The number of aromatic amines is 1. The van der Waals surface area contributed by atoms with Crippen LogP contribution in [0.5, 0.6) is 5.75 Å². The van der Waals surface area contributed by atoms with E-state index in [0.29, 0.717) is 24.0 Å². The van der Waals surface area contributed by atoms with E-state index in [2.05, 4.69) is 20.8 Å². The molecule has 0 radical (unpaired) electrons. The molecule has 0 aliphatic carbocycles. The highest BCUT2D eigenvalue weighted by Gasteiger charge is 2.21. The molecule has 2 amide bonds. The fraction of sp³-hybridized carbons (Fsp3) is 0.304. The highest BCUT2D eigenvalue weighted by atomic mass is 16.5. The van der Waals surface area contributed by atoms with Crippen molar-refractivity contribution in [3.63, 3.8) is 0 Å². The third-order valence-electron chi connectivity index (χ3n) is 4.90. The first kappa shape index (κ1) is 22.0. The topological polar surface area (TPSA) is 113 Å². The van der Waals surface area contributed by atoms with E-state index in [9.17, 15) is 14.4 Å². The molecule has 0 bridgehead atoms. The quantitative estimate of drug-likeness (QED) is 0.459. The van der Waals surface area contributed by atoms with Crippen molar-refractivity contribution in [2.24, 2.45) is 5.92 Å². The lowest BCUT2D eigenvalue weighted by molar-refractivity contribution is -0.130. The highest BCUT2D eigenvalue weighted by Crippen LogP contribution is 2.30. The van der Waals surface area contributed by atoms with Crippen molar-refractivity contribution in [3.05, 3.63) is 48.2 Å². The fourth-order valence-electron chi connectivity index (χ4n) is 3.42. The minimum absolute atomic E-state index is 0.234. The van der Waals surface area contributed by atoms with Gasteiger partial charge in [0.2, 0.25) is 5.91 Å². The van der Waals surface area contributed by atoms with Gasteiger partial charge in [-0.1, -0.05) is 32.0 Å². The van der Waals surface area contributed by atoms with Gasteiger partial charge < -0.3 is 15.4 Å². The second-order valence-corrected chi connectivity index (χ2v) is 7.66. The number of H-pyrrole nitrogens is 1. The van der Waals surface area contributed by atoms with Crippen molar-refractivity contribution >= 4 is 29.0 Å². The minimum atomic E-state index is -0.635. The van der Waals surface area contributed by atoms with E-state index in [-0.39, 0.29) is 18.4 Å². The van der Waals surface area contributed by atoms with Crippen molar-refractivity contribution in [2.75, 3.05) is 13.7 Å². The molecule has 1 aromatic heterocycles. The Morgan fingerprint density at radius 1 is 1.23 bits per heavy atom. The van der Waals surface area contributed by atoms with Crippen molar-refractivity contribution in [3.8, 4) is 16.9 Å². The molecule has 0 unspecified atom stereocenters. The summed E-state index contributed by atoms with van der Waals surface area (Å²) in [6.45, 7) is 3.64. The van der Waals surface area contributed by atoms with E-state index in [0.717, 1.165) is 22.0 Å². The number of hydrogen-bond donors (Lipinski definition) is 3. The van der Waals surface area contributed by atoms with Crippen LogP contribution in [0.4, 0.5) is 0 Å². The average molecular weight is 422 g/mol. The van der Waals surface area contributed by atoms with E-state index < -0.39 is 11.9 Å². The summed E-state index contributed by atoms with van der Waals surface area (Å²) in [5.41, 5.74) is 2.99. The molecule has 0 spiro atoms. The molecule has 0 fully saturated rings. The Morgan fingerprint density at radius 3 is 2.74 bits per heavy atom. The van der Waals surface area contributed by atoms with E-state index in [1.54, 1.807) is 18.3 Å². The standard InChI is InChI=1S/C23H26N4O4/c1-14(2)9-20(23(30)24-3)26-22(29)13-31-21-8-7-15(10-16(21)12-28)17-5-4-6-19-18(17)11-25-27-19/h4-8,10-12,14,20H,9,13H2,1-3H3,(H,24,30)(H,25,27)(H,26,29)/t20-/m0/s1. The van der Waals surface area contributed by atoms with Crippen LogP contribution in [0.3, 0.4) is 0 Å². The van der Waals surface area contributed by atoms with Gasteiger partial charge in [0, 0.05) is 12.4 Å². The van der Waals surface area contributed by atoms with E-state index >= 15 is 0 Å². The third-order valence-corrected chi connectivity index (χ3v) is 4.90. The molecule has 0 aliphatic rings. The zero-order valence-corrected chi connectivity index (χ0v) is 17.8. The Morgan fingerprint density at radius 2 is 2.03 bits per heavy atom. The summed E-state index contributed by atoms with van der Waals surface area (Å²) in [7, 11) is 1.53. The van der Waals surface area contributed by atoms with E-state index in [4.69, 9.17) is 4.74 Å². The Hall–Kier alpha value is -3.68. The zero-order valence-electron chi connectivity index (χ0n) is 17.8. The normalized spacial score (nSPS) is 11.9. The van der Waals surface area contributed by atoms with Crippen LogP contribution in [0.15, 0.2) is 42.6 Å². The van der Waals surface area contributed by atoms with Crippen LogP contribution in [-0.4, -0.2) is 48.0 Å². The molecule has 8 heteroatoms. The number of aromatic nitrogens is 2. The first-order chi connectivity index (χ1) is 14.9. The van der Waals surface area contributed by atoms with Gasteiger partial charge in [-0.05, 0) is 41.7 Å². The molecule has 0 saturated heterocycles. The van der Waals surface area contributed by atoms with Gasteiger partial charge >= 0.3 is 0 Å². The number of nitrogens with one attached hydrogen (secondary N) is 3. The summed E-state index contributed by atoms with van der Waals surface area (Å²) in [5, 5.41) is 13.2. The number of ether oxygens (including phenoxy) is 1. The van der Waals surface area contributed by atoms with Crippen molar-refractivity contribution < 1.29 is 19.1 Å². The van der Waals surface area contributed by atoms with Crippen LogP contribution in [0.1, 0.15) is 30.6 Å². The van der Waals surface area contributed by atoms with Gasteiger partial charge in [-0.2, -0.15) is 5.10 Å². The summed E-state index contributed by atoms with van der Waals surface area (Å²) in [6, 6.07) is 10.4. The van der Waals surface area contributed by atoms with Gasteiger partial charge in [0.15, 0.2) is 12.9 Å². The molecule has 3 rings (SSSR count). The van der Waals surface area contributed by atoms with E-state index in [1.165, 1.54) is 7.05 Å². The maximum absolute atomic E-state index is 12.3. The molecular formula is C23H26N4O4. The van der Waals surface area contributed by atoms with Gasteiger partial charge in [-0.25, -0.2) is 0 Å². The smallest absolute Gasteiger partial charge is 0.258 e. The second-order valence-electron chi connectivity index (χ2n) is 7.66. The monoisotopic (exact) mass is 422 g/mol. The van der Waals surface area contributed by atoms with Crippen LogP contribution in [0, 0.1) is 5.92 Å². The molecule has 8 nitrogen and oxygen atoms in total. The molecule has 1 heterocycles. The van der Waals surface area contributed by atoms with Crippen LogP contribution in [-0.2, 0) is 9.59 Å². The lowest BCUT2D eigenvalue weighted by atomic mass is 10.00. The molecule has 162 valence electrons. The summed E-state index contributed by atoms with van der Waals surface area (Å²) in [4.78, 5) is 35.9. The summed E-state index contributed by atoms with van der Waals surface area (Å²) in [6.07, 6.45) is 2.94. The number of carbonyl (C=O) groups excluding carboxylic acids is 3. The van der Waals surface area contributed by atoms with Crippen LogP contribution in [0.2, 0.25) is 0 Å². The Kier molecular flexibility index (Phi) is 7.02. The molecule has 3 aromatic rings. The van der Waals surface area contributed by atoms with Gasteiger partial charge in [0.1, 0.15) is 11.8 Å². The van der Waals surface area contributed by atoms with Crippen molar-refractivity contribution in [1.82, 2.24) is 20.8 Å². The Bertz CT molecular complexity index is 1090. The van der Waals surface area contributed by atoms with Gasteiger partial charge in [0.05, 0.1) is 17.3 Å². The van der Waals surface area contributed by atoms with Gasteiger partial charge in [0.25, 0.3) is 5.91 Å². The summed E-state index contributed by atoms with van der Waals surface area (Å²) >= 11 is 0. The SMILES string of the molecule is CNC(=O)[C@H](CC(C)C)NC(=O)COc1ccc(-c2cccc3[nH]ncc23)cc1C=O. The first-order valence-electron chi connectivity index (χ1n) is 10.1. The number of amides is 2.